The second-order valence-corrected chi connectivity index (χ2v) is 4.30. The van der Waals surface area contributed by atoms with Gasteiger partial charge >= 0.3 is 5.97 Å². The predicted octanol–water partition coefficient (Wildman–Crippen LogP) is 2.06. The van der Waals surface area contributed by atoms with Crippen LogP contribution in [0.4, 0.5) is 0 Å². The normalized spacial score (nSPS) is 17.6. The minimum absolute atomic E-state index is 0.243. The van der Waals surface area contributed by atoms with Gasteiger partial charge < -0.3 is 0 Å². The third-order valence-electron chi connectivity index (χ3n) is 1.54. The molecule has 0 heterocycles. The van der Waals surface area contributed by atoms with Crippen molar-refractivity contribution in [1.29, 1.82) is 0 Å². The van der Waals surface area contributed by atoms with Crippen molar-refractivity contribution in [2.75, 3.05) is 0 Å². The van der Waals surface area contributed by atoms with Gasteiger partial charge in [0.2, 0.25) is 0 Å². The molecule has 0 N–H and O–H groups in total. The highest BCUT2D eigenvalue weighted by molar-refractivity contribution is 5.69. The van der Waals surface area contributed by atoms with Gasteiger partial charge in [-0.1, -0.05) is 0 Å². The minimum Gasteiger partial charge on any atom is -0.298 e. The molecule has 0 spiro atoms. The van der Waals surface area contributed by atoms with Crippen LogP contribution in [0.1, 0.15) is 40.0 Å². The molecule has 0 unspecified atom stereocenters. The molecule has 1 saturated carbocycles. The summed E-state index contributed by atoms with van der Waals surface area (Å²) >= 11 is 0. The van der Waals surface area contributed by atoms with E-state index in [-0.39, 0.29) is 5.97 Å². The maximum absolute atomic E-state index is 11.0. The molecule has 1 rings (SSSR count). The smallest absolute Gasteiger partial charge is 0.298 e. The van der Waals surface area contributed by atoms with Crippen molar-refractivity contribution in [2.24, 2.45) is 5.92 Å². The van der Waals surface area contributed by atoms with Crippen LogP contribution < -0.4 is 0 Å². The van der Waals surface area contributed by atoms with E-state index < -0.39 is 5.60 Å². The average Bonchev–Trinajstić information content (AvgIpc) is 2.66. The van der Waals surface area contributed by atoms with E-state index in [1.54, 1.807) is 0 Å². The lowest BCUT2D eigenvalue weighted by molar-refractivity contribution is -0.320. The van der Waals surface area contributed by atoms with Crippen LogP contribution in [-0.2, 0) is 14.6 Å². The first-order valence-electron chi connectivity index (χ1n) is 4.36. The van der Waals surface area contributed by atoms with Crippen LogP contribution in [0, 0.1) is 5.92 Å². The highest BCUT2D eigenvalue weighted by Crippen LogP contribution is 2.32. The molecule has 1 aliphatic carbocycles. The van der Waals surface area contributed by atoms with E-state index in [1.165, 1.54) is 0 Å². The zero-order valence-electron chi connectivity index (χ0n) is 7.92. The van der Waals surface area contributed by atoms with Crippen LogP contribution in [0.15, 0.2) is 0 Å². The Labute approximate surface area is 73.0 Å². The van der Waals surface area contributed by atoms with Gasteiger partial charge in [-0.3, -0.25) is 4.89 Å². The summed E-state index contributed by atoms with van der Waals surface area (Å²) in [6, 6.07) is 0. The number of hydrogen-bond donors (Lipinski definition) is 0. The van der Waals surface area contributed by atoms with Gasteiger partial charge in [0.1, 0.15) is 5.60 Å². The molecule has 0 saturated heterocycles. The molecule has 0 aliphatic heterocycles. The van der Waals surface area contributed by atoms with Crippen LogP contribution in [0.25, 0.3) is 0 Å². The van der Waals surface area contributed by atoms with Crippen molar-refractivity contribution in [3.8, 4) is 0 Å². The predicted molar refractivity (Wildman–Crippen MR) is 44.3 cm³/mol. The van der Waals surface area contributed by atoms with Crippen LogP contribution in [0.5, 0.6) is 0 Å². The molecule has 12 heavy (non-hydrogen) atoms. The summed E-state index contributed by atoms with van der Waals surface area (Å²) in [5.74, 6) is 0.313. The molecule has 3 nitrogen and oxygen atoms in total. The van der Waals surface area contributed by atoms with Crippen molar-refractivity contribution >= 4 is 5.97 Å². The Morgan fingerprint density at radius 1 is 1.42 bits per heavy atom. The number of carbonyl (C=O) groups is 1. The first kappa shape index (κ1) is 9.52. The zero-order chi connectivity index (χ0) is 9.19. The summed E-state index contributed by atoms with van der Waals surface area (Å²) in [6.07, 6.45) is 2.82. The molecule has 0 atom stereocenters. The molecule has 1 aliphatic rings. The lowest BCUT2D eigenvalue weighted by Crippen LogP contribution is -2.21. The van der Waals surface area contributed by atoms with Crippen molar-refractivity contribution in [2.45, 2.75) is 45.6 Å². The van der Waals surface area contributed by atoms with E-state index in [1.807, 2.05) is 20.8 Å². The highest BCUT2D eigenvalue weighted by atomic mass is 17.2. The van der Waals surface area contributed by atoms with Crippen molar-refractivity contribution < 1.29 is 14.6 Å². The molecule has 0 amide bonds. The lowest BCUT2D eigenvalue weighted by Gasteiger charge is -2.16. The molecule has 1 fully saturated rings. The summed E-state index contributed by atoms with van der Waals surface area (Å²) in [4.78, 5) is 20.5. The minimum atomic E-state index is -0.404. The maximum atomic E-state index is 11.0. The highest BCUT2D eigenvalue weighted by Gasteiger charge is 2.26. The van der Waals surface area contributed by atoms with Crippen LogP contribution in [0.2, 0.25) is 0 Å². The lowest BCUT2D eigenvalue weighted by atomic mass is 10.2. The summed E-state index contributed by atoms with van der Waals surface area (Å²) in [5.41, 5.74) is -0.404. The molecular weight excluding hydrogens is 156 g/mol. The van der Waals surface area contributed by atoms with Gasteiger partial charge in [0.25, 0.3) is 0 Å². The van der Waals surface area contributed by atoms with Crippen LogP contribution in [-0.4, -0.2) is 11.6 Å². The van der Waals surface area contributed by atoms with Crippen molar-refractivity contribution in [3.05, 3.63) is 0 Å². The summed E-state index contributed by atoms with van der Waals surface area (Å²) in [6.45, 7) is 5.53. The van der Waals surface area contributed by atoms with E-state index in [0.717, 1.165) is 12.8 Å². The van der Waals surface area contributed by atoms with Gasteiger partial charge in [-0.15, -0.1) is 0 Å². The van der Waals surface area contributed by atoms with Gasteiger partial charge in [0.05, 0.1) is 6.42 Å². The second kappa shape index (κ2) is 3.44. The first-order chi connectivity index (χ1) is 5.47. The van der Waals surface area contributed by atoms with Gasteiger partial charge in [-0.25, -0.2) is 4.79 Å². The molecule has 0 aromatic heterocycles. The standard InChI is InChI=1S/C9H16O3/c1-9(2,3)12-11-8(10)6-7-4-5-7/h7H,4-6H2,1-3H3. The molecule has 0 radical (unpaired) electrons. The van der Waals surface area contributed by atoms with E-state index in [0.29, 0.717) is 12.3 Å². The Balaban J connectivity index is 2.09. The van der Waals surface area contributed by atoms with Crippen LogP contribution in [0.3, 0.4) is 0 Å². The molecule has 0 aromatic rings. The third-order valence-corrected chi connectivity index (χ3v) is 1.54. The fourth-order valence-corrected chi connectivity index (χ4v) is 0.763. The summed E-state index contributed by atoms with van der Waals surface area (Å²) in [7, 11) is 0. The molecule has 70 valence electrons. The number of carbonyl (C=O) groups excluding carboxylic acids is 1. The van der Waals surface area contributed by atoms with E-state index >= 15 is 0 Å². The Bertz CT molecular complexity index is 165. The fourth-order valence-electron chi connectivity index (χ4n) is 0.763. The summed E-state index contributed by atoms with van der Waals surface area (Å²) in [5, 5.41) is 0. The van der Waals surface area contributed by atoms with Gasteiger partial charge in [0.15, 0.2) is 0 Å². The zero-order valence-corrected chi connectivity index (χ0v) is 7.92. The van der Waals surface area contributed by atoms with Crippen molar-refractivity contribution in [3.63, 3.8) is 0 Å². The van der Waals surface area contributed by atoms with Gasteiger partial charge in [-0.2, -0.15) is 4.89 Å². The second-order valence-electron chi connectivity index (χ2n) is 4.30. The third kappa shape index (κ3) is 4.34. The SMILES string of the molecule is CC(C)(C)OOC(=O)CC1CC1. The topological polar surface area (TPSA) is 35.5 Å². The molecule has 3 heteroatoms. The largest absolute Gasteiger partial charge is 0.342 e. The maximum Gasteiger partial charge on any atom is 0.342 e. The number of hydrogen-bond acceptors (Lipinski definition) is 3. The molecular formula is C9H16O3. The first-order valence-corrected chi connectivity index (χ1v) is 4.36. The van der Waals surface area contributed by atoms with Gasteiger partial charge in [0, 0.05) is 0 Å². The molecule has 0 aromatic carbocycles. The Morgan fingerprint density at radius 3 is 2.42 bits per heavy atom. The van der Waals surface area contributed by atoms with E-state index in [4.69, 9.17) is 4.89 Å². The van der Waals surface area contributed by atoms with Crippen LogP contribution >= 0.6 is 0 Å². The fraction of sp³-hybridized carbons (Fsp3) is 0.889. The van der Waals surface area contributed by atoms with Crippen molar-refractivity contribution in [1.82, 2.24) is 0 Å². The monoisotopic (exact) mass is 172 g/mol. The Hall–Kier alpha value is -0.570. The quantitative estimate of drug-likeness (QED) is 0.483. The molecule has 0 bridgehead atoms. The van der Waals surface area contributed by atoms with E-state index in [9.17, 15) is 4.79 Å². The van der Waals surface area contributed by atoms with E-state index in [2.05, 4.69) is 4.89 Å². The number of rotatable bonds is 3. The Kier molecular flexibility index (Phi) is 2.73. The Morgan fingerprint density at radius 2 is 2.00 bits per heavy atom. The van der Waals surface area contributed by atoms with Gasteiger partial charge in [-0.05, 0) is 39.5 Å². The average molecular weight is 172 g/mol. The summed E-state index contributed by atoms with van der Waals surface area (Å²) < 4.78 is 0.